The Bertz CT molecular complexity index is 854. The SMILES string of the molecule is COc1ccc(F)cc1C(c1cc2ccccc2s1)N1CCCNCC1. The third kappa shape index (κ3) is 3.47. The highest BCUT2D eigenvalue weighted by atomic mass is 32.1. The predicted molar refractivity (Wildman–Crippen MR) is 106 cm³/mol. The molecule has 0 radical (unpaired) electrons. The monoisotopic (exact) mass is 370 g/mol. The largest absolute Gasteiger partial charge is 0.496 e. The van der Waals surface area contributed by atoms with Gasteiger partial charge in [0.1, 0.15) is 11.6 Å². The summed E-state index contributed by atoms with van der Waals surface area (Å²) in [6.45, 7) is 3.87. The molecule has 2 aromatic carbocycles. The van der Waals surface area contributed by atoms with Crippen molar-refractivity contribution < 1.29 is 9.13 Å². The van der Waals surface area contributed by atoms with Gasteiger partial charge in [-0.3, -0.25) is 4.90 Å². The standard InChI is InChI=1S/C21H23FN2OS/c1-25-18-8-7-16(22)14-17(18)21(24-11-4-9-23-10-12-24)20-13-15-5-2-3-6-19(15)26-20/h2-3,5-8,13-14,21,23H,4,9-12H2,1H3. The van der Waals surface area contributed by atoms with Crippen LogP contribution in [0.1, 0.15) is 22.9 Å². The van der Waals surface area contributed by atoms with Crippen LogP contribution in [0.2, 0.25) is 0 Å². The molecule has 1 N–H and O–H groups in total. The van der Waals surface area contributed by atoms with Crippen molar-refractivity contribution in [2.45, 2.75) is 12.5 Å². The number of nitrogens with zero attached hydrogens (tertiary/aromatic N) is 1. The molecule has 0 bridgehead atoms. The zero-order valence-corrected chi connectivity index (χ0v) is 15.7. The summed E-state index contributed by atoms with van der Waals surface area (Å²) in [5, 5.41) is 4.69. The summed E-state index contributed by atoms with van der Waals surface area (Å²) >= 11 is 1.79. The van der Waals surface area contributed by atoms with Gasteiger partial charge in [0.15, 0.2) is 0 Å². The number of hydrogen-bond donors (Lipinski definition) is 1. The van der Waals surface area contributed by atoms with Crippen LogP contribution < -0.4 is 10.1 Å². The van der Waals surface area contributed by atoms with E-state index in [9.17, 15) is 4.39 Å². The van der Waals surface area contributed by atoms with Crippen LogP contribution in [0.3, 0.4) is 0 Å². The third-order valence-corrected chi connectivity index (χ3v) is 6.11. The summed E-state index contributed by atoms with van der Waals surface area (Å²) in [4.78, 5) is 3.68. The fraction of sp³-hybridized carbons (Fsp3) is 0.333. The topological polar surface area (TPSA) is 24.5 Å². The average molecular weight is 370 g/mol. The first-order chi connectivity index (χ1) is 12.8. The van der Waals surface area contributed by atoms with Gasteiger partial charge in [-0.1, -0.05) is 18.2 Å². The van der Waals surface area contributed by atoms with E-state index in [2.05, 4.69) is 40.5 Å². The number of nitrogens with one attached hydrogen (secondary N) is 1. The van der Waals surface area contributed by atoms with E-state index in [1.165, 1.54) is 21.0 Å². The molecule has 0 aliphatic carbocycles. The van der Waals surface area contributed by atoms with Crippen molar-refractivity contribution in [1.29, 1.82) is 0 Å². The van der Waals surface area contributed by atoms with Crippen LogP contribution in [-0.4, -0.2) is 38.2 Å². The lowest BCUT2D eigenvalue weighted by Gasteiger charge is -2.31. The number of fused-ring (bicyclic) bond motifs is 1. The quantitative estimate of drug-likeness (QED) is 0.735. The minimum Gasteiger partial charge on any atom is -0.496 e. The summed E-state index contributed by atoms with van der Waals surface area (Å²) in [6.07, 6.45) is 1.08. The van der Waals surface area contributed by atoms with Crippen LogP contribution in [0.15, 0.2) is 48.5 Å². The van der Waals surface area contributed by atoms with E-state index < -0.39 is 0 Å². The van der Waals surface area contributed by atoms with Crippen LogP contribution in [-0.2, 0) is 0 Å². The fourth-order valence-corrected chi connectivity index (χ4v) is 4.93. The summed E-state index contributed by atoms with van der Waals surface area (Å²) in [6, 6.07) is 15.5. The number of benzene rings is 2. The summed E-state index contributed by atoms with van der Waals surface area (Å²) in [5.74, 6) is 0.519. The van der Waals surface area contributed by atoms with Crippen LogP contribution >= 0.6 is 11.3 Å². The van der Waals surface area contributed by atoms with Crippen molar-refractivity contribution in [3.8, 4) is 5.75 Å². The van der Waals surface area contributed by atoms with Crippen LogP contribution in [0.4, 0.5) is 4.39 Å². The number of thiophene rings is 1. The molecule has 3 aromatic rings. The molecule has 1 aromatic heterocycles. The van der Waals surface area contributed by atoms with Gasteiger partial charge in [0.2, 0.25) is 0 Å². The number of ether oxygens (including phenoxy) is 1. The number of rotatable bonds is 4. The van der Waals surface area contributed by atoms with Gasteiger partial charge in [-0.25, -0.2) is 4.39 Å². The Balaban J connectivity index is 1.85. The molecular weight excluding hydrogens is 347 g/mol. The van der Waals surface area contributed by atoms with Gasteiger partial charge >= 0.3 is 0 Å². The van der Waals surface area contributed by atoms with Gasteiger partial charge in [-0.05, 0) is 48.7 Å². The van der Waals surface area contributed by atoms with Crippen molar-refractivity contribution in [2.75, 3.05) is 33.3 Å². The Morgan fingerprint density at radius 3 is 2.85 bits per heavy atom. The normalized spacial score (nSPS) is 17.2. The van der Waals surface area contributed by atoms with Gasteiger partial charge < -0.3 is 10.1 Å². The summed E-state index contributed by atoms with van der Waals surface area (Å²) in [5.41, 5.74) is 0.904. The van der Waals surface area contributed by atoms with Crippen LogP contribution in [0, 0.1) is 5.82 Å². The maximum atomic E-state index is 14.1. The van der Waals surface area contributed by atoms with Crippen molar-refractivity contribution in [3.05, 3.63) is 64.8 Å². The van der Waals surface area contributed by atoms with Crippen molar-refractivity contribution >= 4 is 21.4 Å². The Labute approximate surface area is 157 Å². The van der Waals surface area contributed by atoms with E-state index in [1.54, 1.807) is 30.6 Å². The molecule has 1 fully saturated rings. The molecule has 1 atom stereocenters. The van der Waals surface area contributed by atoms with E-state index in [-0.39, 0.29) is 11.9 Å². The lowest BCUT2D eigenvalue weighted by atomic mass is 10.0. The average Bonchev–Trinajstić information content (AvgIpc) is 2.89. The van der Waals surface area contributed by atoms with Gasteiger partial charge in [0.25, 0.3) is 0 Å². The third-order valence-electron chi connectivity index (χ3n) is 4.94. The molecule has 1 aliphatic rings. The molecule has 2 heterocycles. The number of halogens is 1. The molecule has 0 spiro atoms. The molecule has 1 saturated heterocycles. The maximum Gasteiger partial charge on any atom is 0.124 e. The molecule has 0 amide bonds. The molecule has 26 heavy (non-hydrogen) atoms. The predicted octanol–water partition coefficient (Wildman–Crippen LogP) is 4.43. The first-order valence-corrected chi connectivity index (χ1v) is 9.84. The van der Waals surface area contributed by atoms with Gasteiger partial charge in [0, 0.05) is 34.8 Å². The molecule has 1 unspecified atom stereocenters. The number of methoxy groups -OCH3 is 1. The molecule has 3 nitrogen and oxygen atoms in total. The fourth-order valence-electron chi connectivity index (χ4n) is 3.71. The van der Waals surface area contributed by atoms with Crippen molar-refractivity contribution in [1.82, 2.24) is 10.2 Å². The van der Waals surface area contributed by atoms with Crippen molar-refractivity contribution in [2.24, 2.45) is 0 Å². The van der Waals surface area contributed by atoms with E-state index in [0.29, 0.717) is 0 Å². The van der Waals surface area contributed by atoms with E-state index in [0.717, 1.165) is 43.9 Å². The lowest BCUT2D eigenvalue weighted by Crippen LogP contribution is -2.32. The zero-order chi connectivity index (χ0) is 17.9. The molecule has 136 valence electrons. The minimum atomic E-state index is -0.222. The smallest absolute Gasteiger partial charge is 0.124 e. The van der Waals surface area contributed by atoms with Gasteiger partial charge in [0.05, 0.1) is 13.2 Å². The summed E-state index contributed by atoms with van der Waals surface area (Å²) < 4.78 is 21.0. The number of hydrogen-bond acceptors (Lipinski definition) is 4. The lowest BCUT2D eigenvalue weighted by molar-refractivity contribution is 0.238. The highest BCUT2D eigenvalue weighted by Gasteiger charge is 2.28. The second-order valence-electron chi connectivity index (χ2n) is 6.61. The van der Waals surface area contributed by atoms with Gasteiger partial charge in [-0.2, -0.15) is 0 Å². The zero-order valence-electron chi connectivity index (χ0n) is 14.9. The Kier molecular flexibility index (Phi) is 5.20. The van der Waals surface area contributed by atoms with E-state index in [4.69, 9.17) is 4.74 Å². The summed E-state index contributed by atoms with van der Waals surface area (Å²) in [7, 11) is 1.66. The minimum absolute atomic E-state index is 0.00190. The second kappa shape index (κ2) is 7.74. The highest BCUT2D eigenvalue weighted by molar-refractivity contribution is 7.19. The van der Waals surface area contributed by atoms with E-state index in [1.807, 2.05) is 0 Å². The highest BCUT2D eigenvalue weighted by Crippen LogP contribution is 2.40. The molecule has 1 aliphatic heterocycles. The Hall–Kier alpha value is -1.95. The second-order valence-corrected chi connectivity index (χ2v) is 7.73. The van der Waals surface area contributed by atoms with Gasteiger partial charge in [-0.15, -0.1) is 11.3 Å². The van der Waals surface area contributed by atoms with Crippen molar-refractivity contribution in [3.63, 3.8) is 0 Å². The first-order valence-electron chi connectivity index (χ1n) is 9.03. The van der Waals surface area contributed by atoms with Crippen LogP contribution in [0.25, 0.3) is 10.1 Å². The Morgan fingerprint density at radius 2 is 2.00 bits per heavy atom. The first kappa shape index (κ1) is 17.5. The maximum absolute atomic E-state index is 14.1. The Morgan fingerprint density at radius 1 is 1.12 bits per heavy atom. The molecule has 0 saturated carbocycles. The molecule has 4 rings (SSSR count). The van der Waals surface area contributed by atoms with Crippen LogP contribution in [0.5, 0.6) is 5.75 Å². The molecular formula is C21H23FN2OS. The molecule has 5 heteroatoms. The van der Waals surface area contributed by atoms with E-state index >= 15 is 0 Å².